The molecule has 0 bridgehead atoms. The smallest absolute Gasteiger partial charge is 0.373 e. The van der Waals surface area contributed by atoms with Crippen LogP contribution >= 0.6 is 0 Å². The molecule has 0 aromatic carbocycles. The largest absolute Gasteiger partial charge is 0.475 e. The molecule has 0 spiro atoms. The molecule has 0 amide bonds. The van der Waals surface area contributed by atoms with E-state index in [-0.39, 0.29) is 5.82 Å². The van der Waals surface area contributed by atoms with Crippen molar-refractivity contribution in [3.05, 3.63) is 12.2 Å². The highest BCUT2D eigenvalue weighted by Gasteiger charge is 2.18. The molecule has 1 aromatic heterocycles. The van der Waals surface area contributed by atoms with Gasteiger partial charge in [-0.15, -0.1) is 0 Å². The minimum absolute atomic E-state index is 0.0561. The molecule has 1 saturated carbocycles. The van der Waals surface area contributed by atoms with Gasteiger partial charge in [0, 0.05) is 6.54 Å². The zero-order chi connectivity index (χ0) is 10.7. The van der Waals surface area contributed by atoms with Gasteiger partial charge in [-0.2, -0.15) is 5.10 Å². The summed E-state index contributed by atoms with van der Waals surface area (Å²) in [5.41, 5.74) is 0. The molecule has 0 unspecified atom stereocenters. The molecule has 1 aliphatic carbocycles. The minimum atomic E-state index is -0.997. The Labute approximate surface area is 88.1 Å². The van der Waals surface area contributed by atoms with Crippen molar-refractivity contribution in [2.45, 2.75) is 38.6 Å². The number of aromatic carboxylic acids is 1. The van der Waals surface area contributed by atoms with Crippen LogP contribution in [0.1, 0.15) is 42.7 Å². The van der Waals surface area contributed by atoms with Gasteiger partial charge in [0.15, 0.2) is 0 Å². The third-order valence-corrected chi connectivity index (χ3v) is 2.96. The second kappa shape index (κ2) is 4.42. The van der Waals surface area contributed by atoms with Gasteiger partial charge in [-0.1, -0.05) is 19.3 Å². The monoisotopic (exact) mass is 209 g/mol. The van der Waals surface area contributed by atoms with Crippen LogP contribution in [0.4, 0.5) is 0 Å². The molecule has 5 heteroatoms. The first-order valence-electron chi connectivity index (χ1n) is 5.38. The highest BCUT2D eigenvalue weighted by atomic mass is 16.4. The third-order valence-electron chi connectivity index (χ3n) is 2.96. The molecule has 1 aromatic rings. The summed E-state index contributed by atoms with van der Waals surface area (Å²) < 4.78 is 1.51. The van der Waals surface area contributed by atoms with Crippen molar-refractivity contribution in [3.63, 3.8) is 0 Å². The third kappa shape index (κ3) is 2.34. The number of aromatic nitrogens is 3. The first-order chi connectivity index (χ1) is 7.27. The van der Waals surface area contributed by atoms with E-state index in [0.717, 1.165) is 0 Å². The van der Waals surface area contributed by atoms with Crippen LogP contribution in [0.15, 0.2) is 6.33 Å². The van der Waals surface area contributed by atoms with Crippen molar-refractivity contribution >= 4 is 5.97 Å². The molecular formula is C10H15N3O2. The van der Waals surface area contributed by atoms with Crippen molar-refractivity contribution in [1.82, 2.24) is 14.8 Å². The first kappa shape index (κ1) is 10.1. The van der Waals surface area contributed by atoms with Gasteiger partial charge in [0.1, 0.15) is 6.33 Å². The molecule has 0 atom stereocenters. The maximum absolute atomic E-state index is 10.8. The molecular weight excluding hydrogens is 194 g/mol. The van der Waals surface area contributed by atoms with Gasteiger partial charge >= 0.3 is 5.97 Å². The minimum Gasteiger partial charge on any atom is -0.475 e. The summed E-state index contributed by atoms with van der Waals surface area (Å²) in [6, 6.07) is 0. The zero-order valence-corrected chi connectivity index (χ0v) is 8.59. The van der Waals surface area contributed by atoms with E-state index in [9.17, 15) is 4.79 Å². The fourth-order valence-corrected chi connectivity index (χ4v) is 2.18. The van der Waals surface area contributed by atoms with E-state index in [4.69, 9.17) is 5.11 Å². The lowest BCUT2D eigenvalue weighted by atomic mass is 9.89. The van der Waals surface area contributed by atoms with E-state index in [1.54, 1.807) is 0 Å². The Hall–Kier alpha value is -1.39. The average molecular weight is 209 g/mol. The molecule has 1 heterocycles. The fourth-order valence-electron chi connectivity index (χ4n) is 2.18. The molecule has 2 rings (SSSR count). The molecule has 15 heavy (non-hydrogen) atoms. The second-order valence-corrected chi connectivity index (χ2v) is 4.07. The van der Waals surface area contributed by atoms with E-state index >= 15 is 0 Å². The summed E-state index contributed by atoms with van der Waals surface area (Å²) in [5.74, 6) is -0.373. The van der Waals surface area contributed by atoms with Crippen LogP contribution in [0.25, 0.3) is 0 Å². The Morgan fingerprint density at radius 3 is 2.87 bits per heavy atom. The second-order valence-electron chi connectivity index (χ2n) is 4.07. The number of nitrogens with zero attached hydrogens (tertiary/aromatic N) is 3. The topological polar surface area (TPSA) is 68.0 Å². The predicted molar refractivity (Wildman–Crippen MR) is 53.6 cm³/mol. The average Bonchev–Trinajstić information content (AvgIpc) is 2.67. The Balaban J connectivity index is 2.03. The Morgan fingerprint density at radius 1 is 1.47 bits per heavy atom. The maximum atomic E-state index is 10.8. The van der Waals surface area contributed by atoms with Gasteiger partial charge in [0.2, 0.25) is 5.82 Å². The number of hydrogen-bond donors (Lipinski definition) is 1. The van der Waals surface area contributed by atoms with Crippen molar-refractivity contribution in [2.24, 2.45) is 5.92 Å². The highest BCUT2D eigenvalue weighted by molar-refractivity contribution is 5.83. The van der Waals surface area contributed by atoms with Crippen LogP contribution in [0.3, 0.4) is 0 Å². The van der Waals surface area contributed by atoms with Crippen molar-refractivity contribution in [3.8, 4) is 0 Å². The van der Waals surface area contributed by atoms with Gasteiger partial charge in [-0.05, 0) is 18.8 Å². The lowest BCUT2D eigenvalue weighted by Gasteiger charge is -2.21. The summed E-state index contributed by atoms with van der Waals surface area (Å²) in [6.07, 6.45) is 7.48. The highest BCUT2D eigenvalue weighted by Crippen LogP contribution is 2.24. The van der Waals surface area contributed by atoms with Crippen LogP contribution in [0.2, 0.25) is 0 Å². The SMILES string of the molecule is O=C(O)c1ncnn1CC1CCCCC1. The summed E-state index contributed by atoms with van der Waals surface area (Å²) in [5, 5.41) is 12.8. The van der Waals surface area contributed by atoms with Crippen LogP contribution in [-0.4, -0.2) is 25.8 Å². The van der Waals surface area contributed by atoms with E-state index in [1.165, 1.54) is 43.1 Å². The van der Waals surface area contributed by atoms with Crippen LogP contribution in [0, 0.1) is 5.92 Å². The van der Waals surface area contributed by atoms with Gasteiger partial charge < -0.3 is 5.11 Å². The molecule has 0 radical (unpaired) electrons. The summed E-state index contributed by atoms with van der Waals surface area (Å²) in [7, 11) is 0. The van der Waals surface area contributed by atoms with Gasteiger partial charge in [-0.3, -0.25) is 0 Å². The van der Waals surface area contributed by atoms with Gasteiger partial charge in [0.25, 0.3) is 0 Å². The quantitative estimate of drug-likeness (QED) is 0.820. The van der Waals surface area contributed by atoms with E-state index in [0.29, 0.717) is 12.5 Å². The predicted octanol–water partition coefficient (Wildman–Crippen LogP) is 1.56. The fraction of sp³-hybridized carbons (Fsp3) is 0.700. The normalized spacial score (nSPS) is 17.9. The van der Waals surface area contributed by atoms with Crippen molar-refractivity contribution in [2.75, 3.05) is 0 Å². The number of carboxylic acid groups (broad SMARTS) is 1. The summed E-state index contributed by atoms with van der Waals surface area (Å²) in [4.78, 5) is 14.5. The molecule has 5 nitrogen and oxygen atoms in total. The Morgan fingerprint density at radius 2 is 2.20 bits per heavy atom. The van der Waals surface area contributed by atoms with Gasteiger partial charge in [0.05, 0.1) is 0 Å². The summed E-state index contributed by atoms with van der Waals surface area (Å²) >= 11 is 0. The molecule has 0 saturated heterocycles. The van der Waals surface area contributed by atoms with Gasteiger partial charge in [-0.25, -0.2) is 14.5 Å². The zero-order valence-electron chi connectivity index (χ0n) is 8.59. The Kier molecular flexibility index (Phi) is 2.99. The van der Waals surface area contributed by atoms with Crippen molar-refractivity contribution in [1.29, 1.82) is 0 Å². The van der Waals surface area contributed by atoms with E-state index < -0.39 is 5.97 Å². The van der Waals surface area contributed by atoms with Crippen molar-refractivity contribution < 1.29 is 9.90 Å². The van der Waals surface area contributed by atoms with E-state index in [2.05, 4.69) is 10.1 Å². The summed E-state index contributed by atoms with van der Waals surface area (Å²) in [6.45, 7) is 0.696. The lowest BCUT2D eigenvalue weighted by Crippen LogP contribution is -2.19. The van der Waals surface area contributed by atoms with Crippen LogP contribution in [-0.2, 0) is 6.54 Å². The molecule has 0 aliphatic heterocycles. The lowest BCUT2D eigenvalue weighted by molar-refractivity contribution is 0.0674. The number of rotatable bonds is 3. The standard InChI is InChI=1S/C10H15N3O2/c14-10(15)9-11-7-12-13(9)6-8-4-2-1-3-5-8/h7-8H,1-6H2,(H,14,15). The number of hydrogen-bond acceptors (Lipinski definition) is 3. The molecule has 1 N–H and O–H groups in total. The Bertz CT molecular complexity index is 342. The maximum Gasteiger partial charge on any atom is 0.373 e. The van der Waals surface area contributed by atoms with E-state index in [1.807, 2.05) is 0 Å². The van der Waals surface area contributed by atoms with Crippen LogP contribution < -0.4 is 0 Å². The number of carboxylic acids is 1. The first-order valence-corrected chi connectivity index (χ1v) is 5.38. The molecule has 1 aliphatic rings. The number of carbonyl (C=O) groups is 1. The molecule has 82 valence electrons. The van der Waals surface area contributed by atoms with Crippen LogP contribution in [0.5, 0.6) is 0 Å². The molecule has 1 fully saturated rings.